The lowest BCUT2D eigenvalue weighted by Gasteiger charge is -2.44. The number of benzene rings is 1. The summed E-state index contributed by atoms with van der Waals surface area (Å²) in [6.07, 6.45) is 2.30. The Kier molecular flexibility index (Phi) is 4.48. The molecule has 0 aromatic heterocycles. The zero-order chi connectivity index (χ0) is 13.9. The van der Waals surface area contributed by atoms with E-state index in [0.29, 0.717) is 12.6 Å². The fourth-order valence-corrected chi connectivity index (χ4v) is 2.67. The first-order valence-corrected chi connectivity index (χ1v) is 7.23. The molecule has 1 unspecified atom stereocenters. The van der Waals surface area contributed by atoms with Crippen LogP contribution in [0.25, 0.3) is 0 Å². The minimum atomic E-state index is 0.245. The van der Waals surface area contributed by atoms with Crippen LogP contribution in [0.4, 0.5) is 0 Å². The Morgan fingerprint density at radius 1 is 1.32 bits per heavy atom. The first-order valence-electron chi connectivity index (χ1n) is 7.23. The van der Waals surface area contributed by atoms with Crippen molar-refractivity contribution in [2.24, 2.45) is 5.73 Å². The molecule has 1 aliphatic rings. The zero-order valence-electron chi connectivity index (χ0n) is 12.4. The molecule has 3 heteroatoms. The molecule has 0 saturated carbocycles. The molecule has 1 aromatic carbocycles. The summed E-state index contributed by atoms with van der Waals surface area (Å²) in [4.78, 5) is 2.50. The summed E-state index contributed by atoms with van der Waals surface area (Å²) in [5, 5.41) is 0. The second kappa shape index (κ2) is 5.93. The van der Waals surface area contributed by atoms with Gasteiger partial charge >= 0.3 is 0 Å². The fraction of sp³-hybridized carbons (Fsp3) is 0.625. The van der Waals surface area contributed by atoms with Crippen LogP contribution in [0.3, 0.4) is 0 Å². The van der Waals surface area contributed by atoms with Gasteiger partial charge in [0.1, 0.15) is 5.75 Å². The monoisotopic (exact) mass is 262 g/mol. The number of nitrogens with zero attached hydrogens (tertiary/aromatic N) is 1. The van der Waals surface area contributed by atoms with Crippen LogP contribution in [0.1, 0.15) is 39.2 Å². The Bertz CT molecular complexity index is 400. The van der Waals surface area contributed by atoms with E-state index in [1.807, 2.05) is 6.92 Å². The molecular weight excluding hydrogens is 236 g/mol. The highest BCUT2D eigenvalue weighted by Crippen LogP contribution is 2.28. The Morgan fingerprint density at radius 2 is 2.00 bits per heavy atom. The van der Waals surface area contributed by atoms with E-state index in [2.05, 4.69) is 43.0 Å². The summed E-state index contributed by atoms with van der Waals surface area (Å²) >= 11 is 0. The van der Waals surface area contributed by atoms with Crippen molar-refractivity contribution in [1.29, 1.82) is 0 Å². The lowest BCUT2D eigenvalue weighted by atomic mass is 9.88. The predicted molar refractivity (Wildman–Crippen MR) is 79.3 cm³/mol. The number of likely N-dealkylation sites (tertiary alicyclic amines) is 1. The van der Waals surface area contributed by atoms with Gasteiger partial charge in [0.05, 0.1) is 6.61 Å². The minimum Gasteiger partial charge on any atom is -0.494 e. The minimum absolute atomic E-state index is 0.245. The van der Waals surface area contributed by atoms with Crippen LogP contribution in [-0.2, 0) is 6.54 Å². The number of rotatable bonds is 4. The molecule has 1 atom stereocenters. The Hall–Kier alpha value is -1.06. The van der Waals surface area contributed by atoms with E-state index in [-0.39, 0.29) is 5.54 Å². The normalized spacial score (nSPS) is 23.3. The second-order valence-electron chi connectivity index (χ2n) is 6.07. The van der Waals surface area contributed by atoms with E-state index in [1.54, 1.807) is 0 Å². The van der Waals surface area contributed by atoms with Crippen molar-refractivity contribution in [3.8, 4) is 5.75 Å². The summed E-state index contributed by atoms with van der Waals surface area (Å²) in [5.41, 5.74) is 7.67. The van der Waals surface area contributed by atoms with Crippen molar-refractivity contribution in [2.75, 3.05) is 13.2 Å². The van der Waals surface area contributed by atoms with E-state index in [0.717, 1.165) is 25.3 Å². The maximum atomic E-state index is 6.10. The van der Waals surface area contributed by atoms with Gasteiger partial charge in [-0.3, -0.25) is 4.90 Å². The maximum Gasteiger partial charge on any atom is 0.119 e. The molecule has 2 rings (SSSR count). The summed E-state index contributed by atoms with van der Waals surface area (Å²) in [6, 6.07) is 8.73. The van der Waals surface area contributed by atoms with Gasteiger partial charge in [0.2, 0.25) is 0 Å². The molecule has 1 aliphatic heterocycles. The SMILES string of the molecule is CCOc1ccc(CN2CC(N)CCC2(C)C)cc1. The molecule has 3 nitrogen and oxygen atoms in total. The van der Waals surface area contributed by atoms with Gasteiger partial charge in [0.25, 0.3) is 0 Å². The molecular formula is C16H26N2O. The highest BCUT2D eigenvalue weighted by Gasteiger charge is 2.32. The van der Waals surface area contributed by atoms with Crippen LogP contribution in [-0.4, -0.2) is 29.6 Å². The van der Waals surface area contributed by atoms with Gasteiger partial charge in [-0.25, -0.2) is 0 Å². The van der Waals surface area contributed by atoms with E-state index >= 15 is 0 Å². The molecule has 1 saturated heterocycles. The average Bonchev–Trinajstić information content (AvgIpc) is 2.37. The maximum absolute atomic E-state index is 6.10. The molecule has 1 fully saturated rings. The highest BCUT2D eigenvalue weighted by molar-refractivity contribution is 5.27. The largest absolute Gasteiger partial charge is 0.494 e. The Morgan fingerprint density at radius 3 is 2.63 bits per heavy atom. The molecule has 1 heterocycles. The van der Waals surface area contributed by atoms with Crippen LogP contribution in [0.2, 0.25) is 0 Å². The summed E-state index contributed by atoms with van der Waals surface area (Å²) < 4.78 is 5.48. The van der Waals surface area contributed by atoms with E-state index < -0.39 is 0 Å². The molecule has 0 amide bonds. The number of piperidine rings is 1. The standard InChI is InChI=1S/C16H26N2O/c1-4-19-15-7-5-13(6-8-15)11-18-12-14(17)9-10-16(18,2)3/h5-8,14H,4,9-12,17H2,1-3H3. The number of nitrogens with two attached hydrogens (primary N) is 1. The molecule has 0 aliphatic carbocycles. The van der Waals surface area contributed by atoms with Crippen LogP contribution in [0.5, 0.6) is 5.75 Å². The van der Waals surface area contributed by atoms with Gasteiger partial charge in [-0.1, -0.05) is 12.1 Å². The molecule has 1 aromatic rings. The number of ether oxygens (including phenoxy) is 1. The summed E-state index contributed by atoms with van der Waals surface area (Å²) in [7, 11) is 0. The van der Waals surface area contributed by atoms with Gasteiger partial charge < -0.3 is 10.5 Å². The smallest absolute Gasteiger partial charge is 0.119 e. The van der Waals surface area contributed by atoms with Crippen LogP contribution >= 0.6 is 0 Å². The van der Waals surface area contributed by atoms with Gasteiger partial charge in [-0.15, -0.1) is 0 Å². The average molecular weight is 262 g/mol. The van der Waals surface area contributed by atoms with Crippen LogP contribution in [0.15, 0.2) is 24.3 Å². The zero-order valence-corrected chi connectivity index (χ0v) is 12.4. The lowest BCUT2D eigenvalue weighted by Crippen LogP contribution is -2.53. The Balaban J connectivity index is 2.02. The molecule has 0 radical (unpaired) electrons. The molecule has 2 N–H and O–H groups in total. The first kappa shape index (κ1) is 14.4. The van der Waals surface area contributed by atoms with Gasteiger partial charge in [0.15, 0.2) is 0 Å². The van der Waals surface area contributed by atoms with Crippen molar-refractivity contribution in [3.63, 3.8) is 0 Å². The Labute approximate surface area is 116 Å². The highest BCUT2D eigenvalue weighted by atomic mass is 16.5. The summed E-state index contributed by atoms with van der Waals surface area (Å²) in [5.74, 6) is 0.945. The van der Waals surface area contributed by atoms with E-state index in [9.17, 15) is 0 Å². The molecule has 0 bridgehead atoms. The molecule has 0 spiro atoms. The third kappa shape index (κ3) is 3.71. The van der Waals surface area contributed by atoms with Crippen molar-refractivity contribution in [3.05, 3.63) is 29.8 Å². The van der Waals surface area contributed by atoms with Crippen molar-refractivity contribution in [2.45, 2.75) is 51.7 Å². The van der Waals surface area contributed by atoms with Crippen LogP contribution < -0.4 is 10.5 Å². The molecule has 106 valence electrons. The van der Waals surface area contributed by atoms with Gasteiger partial charge in [0, 0.05) is 24.7 Å². The third-order valence-corrected chi connectivity index (χ3v) is 4.05. The van der Waals surface area contributed by atoms with Crippen molar-refractivity contribution in [1.82, 2.24) is 4.90 Å². The van der Waals surface area contributed by atoms with E-state index in [4.69, 9.17) is 10.5 Å². The topological polar surface area (TPSA) is 38.5 Å². The van der Waals surface area contributed by atoms with Gasteiger partial charge in [-0.2, -0.15) is 0 Å². The number of hydrogen-bond donors (Lipinski definition) is 1. The van der Waals surface area contributed by atoms with Gasteiger partial charge in [-0.05, 0) is 51.3 Å². The van der Waals surface area contributed by atoms with Crippen molar-refractivity contribution >= 4 is 0 Å². The van der Waals surface area contributed by atoms with E-state index in [1.165, 1.54) is 12.0 Å². The predicted octanol–water partition coefficient (Wildman–Crippen LogP) is 2.79. The lowest BCUT2D eigenvalue weighted by molar-refractivity contribution is 0.0585. The third-order valence-electron chi connectivity index (χ3n) is 4.05. The van der Waals surface area contributed by atoms with Crippen molar-refractivity contribution < 1.29 is 4.74 Å². The fourth-order valence-electron chi connectivity index (χ4n) is 2.67. The molecule has 19 heavy (non-hydrogen) atoms. The quantitative estimate of drug-likeness (QED) is 0.907. The van der Waals surface area contributed by atoms with Crippen LogP contribution in [0, 0.1) is 0 Å². The second-order valence-corrected chi connectivity index (χ2v) is 6.07. The summed E-state index contributed by atoms with van der Waals surface area (Å²) in [6.45, 7) is 9.30. The number of hydrogen-bond acceptors (Lipinski definition) is 3. The first-order chi connectivity index (χ1) is 9.01.